The zero-order valence-electron chi connectivity index (χ0n) is 17.8. The number of anilines is 1. The van der Waals surface area contributed by atoms with Crippen molar-refractivity contribution in [1.82, 2.24) is 9.97 Å². The second-order valence-corrected chi connectivity index (χ2v) is 8.35. The van der Waals surface area contributed by atoms with Crippen LogP contribution >= 0.6 is 11.8 Å². The lowest BCUT2D eigenvalue weighted by atomic mass is 10.1. The maximum Gasteiger partial charge on any atom is 0.237 e. The van der Waals surface area contributed by atoms with Gasteiger partial charge < -0.3 is 4.90 Å². The van der Waals surface area contributed by atoms with Gasteiger partial charge in [-0.2, -0.15) is 0 Å². The van der Waals surface area contributed by atoms with Gasteiger partial charge in [-0.1, -0.05) is 71.9 Å². The molecule has 156 valence electrons. The molecular formula is C26H25N3OS. The van der Waals surface area contributed by atoms with Crippen molar-refractivity contribution in [1.29, 1.82) is 0 Å². The van der Waals surface area contributed by atoms with Gasteiger partial charge in [-0.3, -0.25) is 4.79 Å². The van der Waals surface area contributed by atoms with Gasteiger partial charge in [0.1, 0.15) is 5.03 Å². The first-order valence-electron chi connectivity index (χ1n) is 10.4. The van der Waals surface area contributed by atoms with E-state index in [1.807, 2.05) is 61.5 Å². The summed E-state index contributed by atoms with van der Waals surface area (Å²) in [6.45, 7) is 4.70. The molecule has 1 aromatic heterocycles. The van der Waals surface area contributed by atoms with E-state index in [1.54, 1.807) is 4.90 Å². The lowest BCUT2D eigenvalue weighted by Crippen LogP contribution is -2.32. The fourth-order valence-corrected chi connectivity index (χ4v) is 4.33. The minimum atomic E-state index is 0.0648. The molecule has 4 nitrogen and oxygen atoms in total. The van der Waals surface area contributed by atoms with E-state index >= 15 is 0 Å². The van der Waals surface area contributed by atoms with Crippen molar-refractivity contribution in [3.05, 3.63) is 95.7 Å². The average Bonchev–Trinajstić information content (AvgIpc) is 2.80. The number of rotatable bonds is 7. The summed E-state index contributed by atoms with van der Waals surface area (Å²) in [5, 5.41) is 0.816. The number of thioether (sulfide) groups is 1. The van der Waals surface area contributed by atoms with Crippen molar-refractivity contribution in [2.24, 2.45) is 0 Å². The molecule has 1 heterocycles. The lowest BCUT2D eigenvalue weighted by molar-refractivity contribution is -0.116. The molecule has 5 heteroatoms. The highest BCUT2D eigenvalue weighted by Gasteiger charge is 2.17. The number of hydrogen-bond acceptors (Lipinski definition) is 4. The predicted molar refractivity (Wildman–Crippen MR) is 129 cm³/mol. The van der Waals surface area contributed by atoms with Gasteiger partial charge >= 0.3 is 0 Å². The number of para-hydroxylation sites is 3. The summed E-state index contributed by atoms with van der Waals surface area (Å²) < 4.78 is 0. The van der Waals surface area contributed by atoms with Crippen LogP contribution in [-0.4, -0.2) is 28.2 Å². The molecule has 31 heavy (non-hydrogen) atoms. The second kappa shape index (κ2) is 9.75. The summed E-state index contributed by atoms with van der Waals surface area (Å²) in [6, 6.07) is 26.1. The highest BCUT2D eigenvalue weighted by atomic mass is 32.2. The number of aromatic nitrogens is 2. The number of carbonyl (C=O) groups excluding carboxylic acids is 1. The molecule has 4 aromatic rings. The van der Waals surface area contributed by atoms with Crippen LogP contribution < -0.4 is 4.90 Å². The maximum atomic E-state index is 13.0. The largest absolute Gasteiger partial charge is 0.312 e. The molecule has 0 saturated carbocycles. The fourth-order valence-electron chi connectivity index (χ4n) is 3.47. The van der Waals surface area contributed by atoms with Gasteiger partial charge in [-0.25, -0.2) is 9.97 Å². The summed E-state index contributed by atoms with van der Waals surface area (Å²) >= 11 is 1.47. The Kier molecular flexibility index (Phi) is 6.63. The zero-order chi connectivity index (χ0) is 21.6. The summed E-state index contributed by atoms with van der Waals surface area (Å²) in [4.78, 5) is 24.5. The monoisotopic (exact) mass is 427 g/mol. The first kappa shape index (κ1) is 21.1. The number of fused-ring (bicyclic) bond motifs is 1. The van der Waals surface area contributed by atoms with E-state index in [4.69, 9.17) is 9.97 Å². The normalized spacial score (nSPS) is 10.9. The number of carbonyl (C=O) groups is 1. The molecule has 0 radical (unpaired) electrons. The smallest absolute Gasteiger partial charge is 0.237 e. The van der Waals surface area contributed by atoms with Gasteiger partial charge in [0.05, 0.1) is 22.5 Å². The summed E-state index contributed by atoms with van der Waals surface area (Å²) in [6.07, 6.45) is 0.685. The molecule has 4 rings (SSSR count). The first-order chi connectivity index (χ1) is 15.1. The zero-order valence-corrected chi connectivity index (χ0v) is 18.6. The summed E-state index contributed by atoms with van der Waals surface area (Å²) in [5.74, 6) is 0.381. The Bertz CT molecular complexity index is 1180. The van der Waals surface area contributed by atoms with E-state index < -0.39 is 0 Å². The molecule has 0 bridgehead atoms. The number of amides is 1. The van der Waals surface area contributed by atoms with E-state index in [2.05, 4.69) is 31.2 Å². The Labute approximate surface area is 187 Å². The van der Waals surface area contributed by atoms with Crippen molar-refractivity contribution < 1.29 is 4.79 Å². The number of benzene rings is 3. The van der Waals surface area contributed by atoms with Crippen LogP contribution in [0.3, 0.4) is 0 Å². The molecule has 0 fully saturated rings. The van der Waals surface area contributed by atoms with Crippen molar-refractivity contribution in [2.45, 2.75) is 25.3 Å². The first-order valence-corrected chi connectivity index (χ1v) is 11.4. The molecule has 1 amide bonds. The topological polar surface area (TPSA) is 46.1 Å². The van der Waals surface area contributed by atoms with Crippen molar-refractivity contribution in [3.63, 3.8) is 0 Å². The van der Waals surface area contributed by atoms with Crippen LogP contribution in [0.25, 0.3) is 11.0 Å². The van der Waals surface area contributed by atoms with Crippen LogP contribution in [0, 0.1) is 6.92 Å². The predicted octanol–water partition coefficient (Wildman–Crippen LogP) is 5.67. The van der Waals surface area contributed by atoms with E-state index in [1.165, 1.54) is 22.9 Å². The van der Waals surface area contributed by atoms with Gasteiger partial charge in [0.2, 0.25) is 5.91 Å². The minimum absolute atomic E-state index is 0.0648. The van der Waals surface area contributed by atoms with Crippen LogP contribution in [0.5, 0.6) is 0 Å². The third-order valence-corrected chi connectivity index (χ3v) is 6.11. The van der Waals surface area contributed by atoms with E-state index in [-0.39, 0.29) is 5.91 Å². The van der Waals surface area contributed by atoms with Gasteiger partial charge in [0.25, 0.3) is 0 Å². The molecule has 0 atom stereocenters. The Hall–Kier alpha value is -3.18. The molecule has 0 N–H and O–H groups in total. The molecule has 0 unspecified atom stereocenters. The summed E-state index contributed by atoms with van der Waals surface area (Å²) in [7, 11) is 0. The van der Waals surface area contributed by atoms with Crippen molar-refractivity contribution >= 4 is 34.4 Å². The van der Waals surface area contributed by atoms with Crippen LogP contribution in [0.4, 0.5) is 5.69 Å². The highest BCUT2D eigenvalue weighted by Crippen LogP contribution is 2.26. The van der Waals surface area contributed by atoms with Crippen molar-refractivity contribution in [2.75, 3.05) is 17.2 Å². The van der Waals surface area contributed by atoms with E-state index in [0.29, 0.717) is 18.7 Å². The Morgan fingerprint density at radius 1 is 0.871 bits per heavy atom. The van der Waals surface area contributed by atoms with Gasteiger partial charge in [0, 0.05) is 18.7 Å². The van der Waals surface area contributed by atoms with Crippen LogP contribution in [0.1, 0.15) is 23.7 Å². The SMILES string of the molecule is CCN(C(=O)CSc1nc2ccccc2nc1Cc1ccc(C)cc1)c1ccccc1. The number of hydrogen-bond donors (Lipinski definition) is 0. The van der Waals surface area contributed by atoms with Gasteiger partial charge in [-0.05, 0) is 43.7 Å². The maximum absolute atomic E-state index is 13.0. The Morgan fingerprint density at radius 2 is 1.52 bits per heavy atom. The van der Waals surface area contributed by atoms with Crippen LogP contribution in [-0.2, 0) is 11.2 Å². The number of nitrogens with zero attached hydrogens (tertiary/aromatic N) is 3. The molecule has 0 saturated heterocycles. The molecule has 0 spiro atoms. The van der Waals surface area contributed by atoms with Crippen LogP contribution in [0.2, 0.25) is 0 Å². The minimum Gasteiger partial charge on any atom is -0.312 e. The fraction of sp³-hybridized carbons (Fsp3) is 0.192. The Morgan fingerprint density at radius 3 is 2.19 bits per heavy atom. The molecule has 0 aliphatic carbocycles. The standard InChI is InChI=1S/C26H25N3OS/c1-3-29(21-9-5-4-6-10-21)25(30)18-31-26-24(17-20-15-13-19(2)14-16-20)27-22-11-7-8-12-23(22)28-26/h4-16H,3,17-18H2,1-2H3. The molecular weight excluding hydrogens is 402 g/mol. The third kappa shape index (κ3) is 5.12. The van der Waals surface area contributed by atoms with Gasteiger partial charge in [-0.15, -0.1) is 0 Å². The summed E-state index contributed by atoms with van der Waals surface area (Å²) in [5.41, 5.74) is 5.96. The van der Waals surface area contributed by atoms with Crippen LogP contribution in [0.15, 0.2) is 83.9 Å². The number of aryl methyl sites for hydroxylation is 1. The molecule has 0 aliphatic rings. The quantitative estimate of drug-likeness (QED) is 0.356. The molecule has 0 aliphatic heterocycles. The highest BCUT2D eigenvalue weighted by molar-refractivity contribution is 8.00. The van der Waals surface area contributed by atoms with Crippen molar-refractivity contribution in [3.8, 4) is 0 Å². The van der Waals surface area contributed by atoms with Gasteiger partial charge in [0.15, 0.2) is 0 Å². The third-order valence-electron chi connectivity index (χ3n) is 5.12. The average molecular weight is 428 g/mol. The molecule has 3 aromatic carbocycles. The second-order valence-electron chi connectivity index (χ2n) is 7.39. The van der Waals surface area contributed by atoms with E-state index in [0.717, 1.165) is 27.4 Å². The van der Waals surface area contributed by atoms with E-state index in [9.17, 15) is 4.79 Å². The Balaban J connectivity index is 1.59. The lowest BCUT2D eigenvalue weighted by Gasteiger charge is -2.21.